The highest BCUT2D eigenvalue weighted by Crippen LogP contribution is 2.44. The third-order valence-corrected chi connectivity index (χ3v) is 5.91. The molecule has 0 saturated carbocycles. The van der Waals surface area contributed by atoms with Gasteiger partial charge in [-0.05, 0) is 53.3 Å². The molecule has 2 amide bonds. The fourth-order valence-corrected chi connectivity index (χ4v) is 4.19. The fraction of sp³-hybridized carbons (Fsp3) is 0.222. The van der Waals surface area contributed by atoms with Gasteiger partial charge in [-0.3, -0.25) is 14.9 Å². The first kappa shape index (κ1) is 23.0. The van der Waals surface area contributed by atoms with Crippen LogP contribution in [0, 0.1) is 0 Å². The molecule has 7 heteroatoms. The number of carbonyl (C=O) groups excluding carboxylic acids is 2. The number of rotatable bonds is 8. The van der Waals surface area contributed by atoms with Crippen molar-refractivity contribution in [3.8, 4) is 11.1 Å². The molecular weight excluding hydrogens is 432 g/mol. The van der Waals surface area contributed by atoms with Crippen LogP contribution in [-0.4, -0.2) is 35.7 Å². The van der Waals surface area contributed by atoms with Gasteiger partial charge in [0.05, 0.1) is 0 Å². The molecule has 3 aromatic rings. The summed E-state index contributed by atoms with van der Waals surface area (Å²) in [5, 5.41) is 14.1. The van der Waals surface area contributed by atoms with E-state index in [4.69, 9.17) is 9.84 Å². The van der Waals surface area contributed by atoms with Gasteiger partial charge < -0.3 is 15.2 Å². The summed E-state index contributed by atoms with van der Waals surface area (Å²) in [4.78, 5) is 35.3. The number of hydrogen-bond donors (Lipinski definition) is 3. The number of ether oxygens (including phenoxy) is 1. The maximum absolute atomic E-state index is 12.5. The van der Waals surface area contributed by atoms with Crippen molar-refractivity contribution in [2.45, 2.75) is 31.7 Å². The summed E-state index contributed by atoms with van der Waals surface area (Å²) in [5.41, 5.74) is 6.04. The Morgan fingerprint density at radius 3 is 2.24 bits per heavy atom. The van der Waals surface area contributed by atoms with E-state index < -0.39 is 18.1 Å². The van der Waals surface area contributed by atoms with Gasteiger partial charge in [0.15, 0.2) is 0 Å². The fourth-order valence-electron chi connectivity index (χ4n) is 4.19. The van der Waals surface area contributed by atoms with Gasteiger partial charge in [0, 0.05) is 18.0 Å². The zero-order valence-corrected chi connectivity index (χ0v) is 18.8. The van der Waals surface area contributed by atoms with Crippen LogP contribution < -0.4 is 10.6 Å². The van der Waals surface area contributed by atoms with Crippen LogP contribution in [0.2, 0.25) is 0 Å². The van der Waals surface area contributed by atoms with Crippen molar-refractivity contribution in [3.63, 3.8) is 0 Å². The molecule has 3 N–H and O–H groups in total. The van der Waals surface area contributed by atoms with Gasteiger partial charge in [0.2, 0.25) is 5.91 Å². The molecular formula is C27H26N2O5. The van der Waals surface area contributed by atoms with Gasteiger partial charge >= 0.3 is 12.1 Å². The van der Waals surface area contributed by atoms with Crippen LogP contribution >= 0.6 is 0 Å². The van der Waals surface area contributed by atoms with Crippen molar-refractivity contribution >= 4 is 23.7 Å². The molecule has 0 bridgehead atoms. The molecule has 0 radical (unpaired) electrons. The van der Waals surface area contributed by atoms with Crippen LogP contribution in [0.1, 0.15) is 36.0 Å². The van der Waals surface area contributed by atoms with Crippen molar-refractivity contribution in [2.75, 3.05) is 11.9 Å². The Hall–Kier alpha value is -4.13. The largest absolute Gasteiger partial charge is 0.480 e. The first-order valence-corrected chi connectivity index (χ1v) is 11.2. The van der Waals surface area contributed by atoms with E-state index >= 15 is 0 Å². The van der Waals surface area contributed by atoms with Crippen molar-refractivity contribution in [1.29, 1.82) is 0 Å². The number of nitrogens with one attached hydrogen (secondary N) is 2. The number of anilines is 1. The molecule has 7 nitrogen and oxygen atoms in total. The predicted octanol–water partition coefficient (Wildman–Crippen LogP) is 4.57. The molecule has 174 valence electrons. The summed E-state index contributed by atoms with van der Waals surface area (Å²) in [5.74, 6) is -1.44. The molecule has 3 aromatic carbocycles. The van der Waals surface area contributed by atoms with Gasteiger partial charge in [-0.15, -0.1) is 0 Å². The van der Waals surface area contributed by atoms with Crippen molar-refractivity contribution < 1.29 is 24.2 Å². The Morgan fingerprint density at radius 2 is 1.59 bits per heavy atom. The summed E-state index contributed by atoms with van der Waals surface area (Å²) in [6.07, 6.45) is 0.0109. The first-order chi connectivity index (χ1) is 16.4. The Morgan fingerprint density at radius 1 is 0.941 bits per heavy atom. The average Bonchev–Trinajstić information content (AvgIpc) is 3.15. The molecule has 1 aliphatic rings. The zero-order chi connectivity index (χ0) is 24.1. The Bertz CT molecular complexity index is 1180. The maximum Gasteiger partial charge on any atom is 0.411 e. The average molecular weight is 459 g/mol. The summed E-state index contributed by atoms with van der Waals surface area (Å²) in [6, 6.07) is 22.5. The number of carboxylic acid groups (broad SMARTS) is 1. The molecule has 1 atom stereocenters. The maximum atomic E-state index is 12.5. The topological polar surface area (TPSA) is 105 Å². The van der Waals surface area contributed by atoms with Crippen molar-refractivity contribution in [1.82, 2.24) is 5.32 Å². The standard InChI is InChI=1S/C27H26N2O5/c1-17(26(31)32)28-25(30)14-13-18-7-6-8-19(15-18)29-27(33)34-16-24-22-11-4-2-9-20(22)21-10-3-5-12-23(21)24/h2-12,15,17,24H,13-14,16H2,1H3,(H,28,30)(H,29,33)(H,31,32). The molecule has 1 aliphatic carbocycles. The van der Waals surface area contributed by atoms with E-state index in [-0.39, 0.29) is 24.9 Å². The number of carboxylic acids is 1. The minimum absolute atomic E-state index is 0.0174. The van der Waals surface area contributed by atoms with Crippen LogP contribution in [0.15, 0.2) is 72.8 Å². The molecule has 0 spiro atoms. The highest BCUT2D eigenvalue weighted by atomic mass is 16.5. The van der Waals surface area contributed by atoms with Gasteiger partial charge in [0.25, 0.3) is 0 Å². The van der Waals surface area contributed by atoms with Gasteiger partial charge in [-0.1, -0.05) is 60.7 Å². The smallest absolute Gasteiger partial charge is 0.411 e. The monoisotopic (exact) mass is 458 g/mol. The molecule has 0 heterocycles. The van der Waals surface area contributed by atoms with Crippen molar-refractivity contribution in [2.24, 2.45) is 0 Å². The van der Waals surface area contributed by atoms with E-state index in [1.807, 2.05) is 30.3 Å². The number of amides is 2. The highest BCUT2D eigenvalue weighted by molar-refractivity contribution is 5.85. The molecule has 34 heavy (non-hydrogen) atoms. The van der Waals surface area contributed by atoms with E-state index in [1.165, 1.54) is 18.1 Å². The number of aliphatic carboxylic acids is 1. The lowest BCUT2D eigenvalue weighted by Crippen LogP contribution is -2.38. The highest BCUT2D eigenvalue weighted by Gasteiger charge is 2.29. The number of aryl methyl sites for hydroxylation is 1. The van der Waals surface area contributed by atoms with Crippen LogP contribution in [0.4, 0.5) is 10.5 Å². The third kappa shape index (κ3) is 5.26. The molecule has 0 saturated heterocycles. The molecule has 0 aliphatic heterocycles. The lowest BCUT2D eigenvalue weighted by atomic mass is 9.98. The van der Waals surface area contributed by atoms with Gasteiger partial charge in [-0.25, -0.2) is 4.79 Å². The Balaban J connectivity index is 1.33. The number of benzene rings is 3. The lowest BCUT2D eigenvalue weighted by Gasteiger charge is -2.15. The second-order valence-corrected chi connectivity index (χ2v) is 8.28. The summed E-state index contributed by atoms with van der Waals surface area (Å²) < 4.78 is 5.58. The van der Waals surface area contributed by atoms with Crippen LogP contribution in [0.25, 0.3) is 11.1 Å². The summed E-state index contributed by atoms with van der Waals surface area (Å²) >= 11 is 0. The minimum atomic E-state index is -1.08. The number of carbonyl (C=O) groups is 3. The third-order valence-electron chi connectivity index (χ3n) is 5.91. The Kier molecular flexibility index (Phi) is 6.92. The normalized spacial score (nSPS) is 12.9. The molecule has 0 aromatic heterocycles. The zero-order valence-electron chi connectivity index (χ0n) is 18.8. The number of hydrogen-bond acceptors (Lipinski definition) is 4. The Labute approximate surface area is 197 Å². The lowest BCUT2D eigenvalue weighted by molar-refractivity contribution is -0.141. The van der Waals surface area contributed by atoms with E-state index in [2.05, 4.69) is 34.9 Å². The second kappa shape index (κ2) is 10.2. The van der Waals surface area contributed by atoms with Gasteiger partial charge in [0.1, 0.15) is 12.6 Å². The molecule has 4 rings (SSSR count). The quantitative estimate of drug-likeness (QED) is 0.459. The minimum Gasteiger partial charge on any atom is -0.480 e. The van der Waals surface area contributed by atoms with E-state index in [0.717, 1.165) is 16.7 Å². The van der Waals surface area contributed by atoms with E-state index in [1.54, 1.807) is 18.2 Å². The van der Waals surface area contributed by atoms with Crippen LogP contribution in [0.5, 0.6) is 0 Å². The van der Waals surface area contributed by atoms with Gasteiger partial charge in [-0.2, -0.15) is 0 Å². The summed E-state index contributed by atoms with van der Waals surface area (Å²) in [6.45, 7) is 1.64. The van der Waals surface area contributed by atoms with Crippen LogP contribution in [0.3, 0.4) is 0 Å². The van der Waals surface area contributed by atoms with E-state index in [0.29, 0.717) is 12.1 Å². The predicted molar refractivity (Wildman–Crippen MR) is 129 cm³/mol. The van der Waals surface area contributed by atoms with Crippen molar-refractivity contribution in [3.05, 3.63) is 89.5 Å². The SMILES string of the molecule is CC(NC(=O)CCc1cccc(NC(=O)OCC2c3ccccc3-c3ccccc32)c1)C(=O)O. The first-order valence-electron chi connectivity index (χ1n) is 11.2. The van der Waals surface area contributed by atoms with E-state index in [9.17, 15) is 14.4 Å². The summed E-state index contributed by atoms with van der Waals surface area (Å²) in [7, 11) is 0. The number of fused-ring (bicyclic) bond motifs is 3. The molecule has 1 unspecified atom stereocenters. The van der Waals surface area contributed by atoms with Crippen LogP contribution in [-0.2, 0) is 20.7 Å². The molecule has 0 fully saturated rings. The second-order valence-electron chi connectivity index (χ2n) is 8.28.